The predicted molar refractivity (Wildman–Crippen MR) is 91.8 cm³/mol. The standard InChI is InChI=1S/C19H27NO4/c1-22-15-10-14(11-16(12-15)23-2)18(21)20-9-5-8-19(13-20)7-4-6-17(19)24-3/h10-12,17H,4-9,13H2,1-3H3/t17-,19+/m1/s1. The van der Waals surface area contributed by atoms with Crippen molar-refractivity contribution >= 4 is 5.91 Å². The van der Waals surface area contributed by atoms with E-state index >= 15 is 0 Å². The molecule has 1 saturated carbocycles. The highest BCUT2D eigenvalue weighted by molar-refractivity contribution is 5.95. The first-order valence-corrected chi connectivity index (χ1v) is 8.67. The van der Waals surface area contributed by atoms with Crippen LogP contribution in [0.4, 0.5) is 0 Å². The number of nitrogens with zero attached hydrogens (tertiary/aromatic N) is 1. The Balaban J connectivity index is 1.82. The van der Waals surface area contributed by atoms with Gasteiger partial charge < -0.3 is 19.1 Å². The molecule has 2 aliphatic rings. The Morgan fingerprint density at radius 3 is 2.38 bits per heavy atom. The van der Waals surface area contributed by atoms with E-state index in [1.54, 1.807) is 39.5 Å². The van der Waals surface area contributed by atoms with Crippen molar-refractivity contribution in [3.05, 3.63) is 23.8 Å². The second-order valence-corrected chi connectivity index (χ2v) is 6.91. The molecular formula is C19H27NO4. The van der Waals surface area contributed by atoms with Gasteiger partial charge >= 0.3 is 0 Å². The summed E-state index contributed by atoms with van der Waals surface area (Å²) in [6, 6.07) is 5.36. The number of rotatable bonds is 4. The first-order chi connectivity index (χ1) is 11.6. The zero-order chi connectivity index (χ0) is 17.2. The molecule has 0 unspecified atom stereocenters. The van der Waals surface area contributed by atoms with Gasteiger partial charge in [0.25, 0.3) is 5.91 Å². The Labute approximate surface area is 143 Å². The molecule has 1 aromatic rings. The van der Waals surface area contributed by atoms with Crippen LogP contribution in [0.1, 0.15) is 42.5 Å². The molecule has 1 amide bonds. The number of hydrogen-bond acceptors (Lipinski definition) is 4. The number of carbonyl (C=O) groups is 1. The van der Waals surface area contributed by atoms with Crippen LogP contribution >= 0.6 is 0 Å². The van der Waals surface area contributed by atoms with Gasteiger partial charge in [-0.1, -0.05) is 6.42 Å². The quantitative estimate of drug-likeness (QED) is 0.849. The number of amides is 1. The highest BCUT2D eigenvalue weighted by Gasteiger charge is 2.46. The molecule has 0 aromatic heterocycles. The fourth-order valence-corrected chi connectivity index (χ4v) is 4.39. The molecule has 5 nitrogen and oxygen atoms in total. The molecule has 2 fully saturated rings. The van der Waals surface area contributed by atoms with Gasteiger partial charge in [-0.25, -0.2) is 0 Å². The van der Waals surface area contributed by atoms with Crippen molar-refractivity contribution < 1.29 is 19.0 Å². The molecule has 1 aromatic carbocycles. The van der Waals surface area contributed by atoms with E-state index in [0.29, 0.717) is 17.1 Å². The maximum Gasteiger partial charge on any atom is 0.254 e. The summed E-state index contributed by atoms with van der Waals surface area (Å²) in [6.45, 7) is 1.58. The van der Waals surface area contributed by atoms with Gasteiger partial charge in [0.2, 0.25) is 0 Å². The number of methoxy groups -OCH3 is 3. The normalized spacial score (nSPS) is 26.6. The monoisotopic (exact) mass is 333 g/mol. The van der Waals surface area contributed by atoms with Crippen LogP contribution in [0.2, 0.25) is 0 Å². The van der Waals surface area contributed by atoms with Crippen molar-refractivity contribution in [1.29, 1.82) is 0 Å². The maximum absolute atomic E-state index is 13.0. The van der Waals surface area contributed by atoms with E-state index in [1.165, 1.54) is 6.42 Å². The average Bonchev–Trinajstić information content (AvgIpc) is 3.02. The first kappa shape index (κ1) is 17.1. The summed E-state index contributed by atoms with van der Waals surface area (Å²) < 4.78 is 16.3. The lowest BCUT2D eigenvalue weighted by molar-refractivity contribution is -0.0295. The van der Waals surface area contributed by atoms with E-state index < -0.39 is 0 Å². The van der Waals surface area contributed by atoms with Crippen LogP contribution in [0.15, 0.2) is 18.2 Å². The minimum absolute atomic E-state index is 0.0491. The molecule has 0 N–H and O–H groups in total. The zero-order valence-corrected chi connectivity index (χ0v) is 14.8. The molecule has 1 aliphatic carbocycles. The van der Waals surface area contributed by atoms with Crippen LogP contribution in [-0.4, -0.2) is 51.3 Å². The second-order valence-electron chi connectivity index (χ2n) is 6.91. The molecule has 1 aliphatic heterocycles. The molecule has 24 heavy (non-hydrogen) atoms. The third-order valence-electron chi connectivity index (χ3n) is 5.60. The molecule has 1 heterocycles. The molecule has 1 saturated heterocycles. The third kappa shape index (κ3) is 3.09. The Morgan fingerprint density at radius 2 is 1.75 bits per heavy atom. The Morgan fingerprint density at radius 1 is 1.08 bits per heavy atom. The average molecular weight is 333 g/mol. The van der Waals surface area contributed by atoms with E-state index in [1.807, 2.05) is 4.90 Å². The molecule has 3 rings (SSSR count). The number of ether oxygens (including phenoxy) is 3. The fraction of sp³-hybridized carbons (Fsp3) is 0.632. The van der Waals surface area contributed by atoms with E-state index in [9.17, 15) is 4.79 Å². The van der Waals surface area contributed by atoms with Gasteiger partial charge in [0, 0.05) is 37.2 Å². The lowest BCUT2D eigenvalue weighted by Crippen LogP contribution is -2.49. The first-order valence-electron chi connectivity index (χ1n) is 8.67. The Bertz CT molecular complexity index is 581. The van der Waals surface area contributed by atoms with Gasteiger partial charge in [-0.3, -0.25) is 4.79 Å². The summed E-state index contributed by atoms with van der Waals surface area (Å²) in [5.41, 5.74) is 0.751. The topological polar surface area (TPSA) is 48.0 Å². The Hall–Kier alpha value is -1.75. The summed E-state index contributed by atoms with van der Waals surface area (Å²) in [4.78, 5) is 15.0. The van der Waals surface area contributed by atoms with Gasteiger partial charge in [0.15, 0.2) is 0 Å². The predicted octanol–water partition coefficient (Wildman–Crippen LogP) is 3.13. The van der Waals surface area contributed by atoms with Crippen molar-refractivity contribution in [2.75, 3.05) is 34.4 Å². The largest absolute Gasteiger partial charge is 0.497 e. The highest BCUT2D eigenvalue weighted by Crippen LogP contribution is 2.46. The van der Waals surface area contributed by atoms with Crippen molar-refractivity contribution in [3.8, 4) is 11.5 Å². The molecule has 0 radical (unpaired) electrons. The SMILES string of the molecule is COc1cc(OC)cc(C(=O)N2CCC[C@@]3(CCC[C@H]3OC)C2)c1. The summed E-state index contributed by atoms with van der Waals surface area (Å²) >= 11 is 0. The van der Waals surface area contributed by atoms with Crippen LogP contribution in [0.25, 0.3) is 0 Å². The Kier molecular flexibility index (Phi) is 4.99. The van der Waals surface area contributed by atoms with Crippen molar-refractivity contribution in [1.82, 2.24) is 4.90 Å². The van der Waals surface area contributed by atoms with E-state index in [2.05, 4.69) is 0 Å². The van der Waals surface area contributed by atoms with E-state index in [4.69, 9.17) is 14.2 Å². The van der Waals surface area contributed by atoms with Crippen molar-refractivity contribution in [3.63, 3.8) is 0 Å². The zero-order valence-electron chi connectivity index (χ0n) is 14.8. The van der Waals surface area contributed by atoms with E-state index in [-0.39, 0.29) is 17.4 Å². The van der Waals surface area contributed by atoms with Gasteiger partial charge in [-0.2, -0.15) is 0 Å². The summed E-state index contributed by atoms with van der Waals surface area (Å²) in [7, 11) is 4.99. The molecule has 2 atom stereocenters. The van der Waals surface area contributed by atoms with Crippen LogP contribution in [0.3, 0.4) is 0 Å². The summed E-state index contributed by atoms with van der Waals surface area (Å²) in [6.07, 6.45) is 5.90. The van der Waals surface area contributed by atoms with Crippen LogP contribution in [-0.2, 0) is 4.74 Å². The van der Waals surface area contributed by atoms with Crippen molar-refractivity contribution in [2.45, 2.75) is 38.2 Å². The van der Waals surface area contributed by atoms with Crippen LogP contribution in [0.5, 0.6) is 11.5 Å². The van der Waals surface area contributed by atoms with Crippen molar-refractivity contribution in [2.24, 2.45) is 5.41 Å². The van der Waals surface area contributed by atoms with Gasteiger partial charge in [0.1, 0.15) is 11.5 Å². The van der Waals surface area contributed by atoms with Gasteiger partial charge in [-0.05, 0) is 37.8 Å². The van der Waals surface area contributed by atoms with E-state index in [0.717, 1.165) is 38.8 Å². The molecule has 0 bridgehead atoms. The lowest BCUT2D eigenvalue weighted by Gasteiger charge is -2.43. The van der Waals surface area contributed by atoms with Gasteiger partial charge in [0.05, 0.1) is 20.3 Å². The molecule has 5 heteroatoms. The minimum atomic E-state index is 0.0491. The second kappa shape index (κ2) is 7.01. The highest BCUT2D eigenvalue weighted by atomic mass is 16.5. The smallest absolute Gasteiger partial charge is 0.254 e. The number of hydrogen-bond donors (Lipinski definition) is 0. The number of benzene rings is 1. The lowest BCUT2D eigenvalue weighted by atomic mass is 9.76. The van der Waals surface area contributed by atoms with Gasteiger partial charge in [-0.15, -0.1) is 0 Å². The number of likely N-dealkylation sites (tertiary alicyclic amines) is 1. The fourth-order valence-electron chi connectivity index (χ4n) is 4.39. The molecular weight excluding hydrogens is 306 g/mol. The van der Waals surface area contributed by atoms with Crippen LogP contribution < -0.4 is 9.47 Å². The number of piperidine rings is 1. The molecule has 132 valence electrons. The third-order valence-corrected chi connectivity index (χ3v) is 5.60. The summed E-state index contributed by atoms with van der Waals surface area (Å²) in [5, 5.41) is 0. The minimum Gasteiger partial charge on any atom is -0.497 e. The number of carbonyl (C=O) groups excluding carboxylic acids is 1. The summed E-state index contributed by atoms with van der Waals surface area (Å²) in [5.74, 6) is 1.33. The maximum atomic E-state index is 13.0. The molecule has 1 spiro atoms. The van der Waals surface area contributed by atoms with Crippen LogP contribution in [0, 0.1) is 5.41 Å².